The highest BCUT2D eigenvalue weighted by molar-refractivity contribution is 5.75. The van der Waals surface area contributed by atoms with Gasteiger partial charge in [-0.25, -0.2) is 4.79 Å². The molecule has 6 nitrogen and oxygen atoms in total. The number of alkyl carbamates (subject to hydrolysis) is 1. The number of methoxy groups -OCH3 is 1. The van der Waals surface area contributed by atoms with Gasteiger partial charge in [-0.15, -0.1) is 0 Å². The molecule has 2 N–H and O–H groups in total. The minimum atomic E-state index is -0.507. The van der Waals surface area contributed by atoms with Crippen LogP contribution in [0.25, 0.3) is 0 Å². The predicted molar refractivity (Wildman–Crippen MR) is 77.6 cm³/mol. The number of esters is 1. The van der Waals surface area contributed by atoms with E-state index in [2.05, 4.69) is 17.6 Å². The maximum absolute atomic E-state index is 11.5. The van der Waals surface area contributed by atoms with Crippen LogP contribution in [-0.4, -0.2) is 43.9 Å². The lowest BCUT2D eigenvalue weighted by atomic mass is 10.1. The molecular formula is C14H28N2O4. The van der Waals surface area contributed by atoms with Crippen LogP contribution in [0.4, 0.5) is 4.79 Å². The Hall–Kier alpha value is -1.30. The molecule has 0 aromatic heterocycles. The highest BCUT2D eigenvalue weighted by atomic mass is 16.6. The van der Waals surface area contributed by atoms with Crippen molar-refractivity contribution >= 4 is 12.1 Å². The minimum Gasteiger partial charge on any atom is -0.468 e. The maximum atomic E-state index is 11.5. The average molecular weight is 288 g/mol. The normalized spacial score (nSPS) is 12.7. The van der Waals surface area contributed by atoms with Gasteiger partial charge in [-0.1, -0.05) is 19.8 Å². The molecule has 0 saturated heterocycles. The number of amides is 1. The summed E-state index contributed by atoms with van der Waals surface area (Å²) >= 11 is 0. The molecule has 0 heterocycles. The Balaban J connectivity index is 3.94. The smallest absolute Gasteiger partial charge is 0.407 e. The second kappa shape index (κ2) is 9.58. The number of nitrogens with one attached hydrogen (secondary N) is 2. The zero-order valence-electron chi connectivity index (χ0n) is 13.2. The van der Waals surface area contributed by atoms with Crippen LogP contribution in [0.2, 0.25) is 0 Å². The third kappa shape index (κ3) is 9.61. The van der Waals surface area contributed by atoms with Crippen LogP contribution in [0, 0.1) is 0 Å². The first kappa shape index (κ1) is 18.7. The summed E-state index contributed by atoms with van der Waals surface area (Å²) in [5.74, 6) is -0.268. The van der Waals surface area contributed by atoms with Crippen molar-refractivity contribution in [1.82, 2.24) is 10.6 Å². The number of carbonyl (C=O) groups excluding carboxylic acids is 2. The van der Waals surface area contributed by atoms with Crippen LogP contribution in [0.15, 0.2) is 0 Å². The molecule has 20 heavy (non-hydrogen) atoms. The van der Waals surface area contributed by atoms with E-state index < -0.39 is 11.7 Å². The first-order valence-electron chi connectivity index (χ1n) is 7.08. The summed E-state index contributed by atoms with van der Waals surface area (Å²) in [5, 5.41) is 5.71. The first-order chi connectivity index (χ1) is 9.30. The van der Waals surface area contributed by atoms with Crippen molar-refractivity contribution in [3.63, 3.8) is 0 Å². The van der Waals surface area contributed by atoms with Crippen LogP contribution >= 0.6 is 0 Å². The molecule has 0 aliphatic carbocycles. The summed E-state index contributed by atoms with van der Waals surface area (Å²) in [7, 11) is 1.38. The minimum absolute atomic E-state index is 0.268. The van der Waals surface area contributed by atoms with E-state index in [4.69, 9.17) is 9.47 Å². The summed E-state index contributed by atoms with van der Waals surface area (Å²) in [6.45, 7) is 8.38. The van der Waals surface area contributed by atoms with Crippen molar-refractivity contribution in [3.8, 4) is 0 Å². The first-order valence-corrected chi connectivity index (χ1v) is 7.08. The van der Waals surface area contributed by atoms with Gasteiger partial charge in [-0.3, -0.25) is 4.79 Å². The maximum Gasteiger partial charge on any atom is 0.407 e. The van der Waals surface area contributed by atoms with Gasteiger partial charge in [0.25, 0.3) is 0 Å². The Morgan fingerprint density at radius 1 is 1.20 bits per heavy atom. The molecule has 0 unspecified atom stereocenters. The fraction of sp³-hybridized carbons (Fsp3) is 0.857. The van der Waals surface area contributed by atoms with Crippen LogP contribution < -0.4 is 10.6 Å². The zero-order chi connectivity index (χ0) is 15.6. The molecule has 1 atom stereocenters. The second-order valence-corrected chi connectivity index (χ2v) is 5.60. The fourth-order valence-corrected chi connectivity index (χ4v) is 1.58. The summed E-state index contributed by atoms with van der Waals surface area (Å²) in [4.78, 5) is 22.9. The summed E-state index contributed by atoms with van der Waals surface area (Å²) in [6, 6.07) is -0.319. The van der Waals surface area contributed by atoms with Gasteiger partial charge in [0.05, 0.1) is 7.11 Å². The molecule has 0 fully saturated rings. The van der Waals surface area contributed by atoms with E-state index in [9.17, 15) is 9.59 Å². The van der Waals surface area contributed by atoms with E-state index in [1.807, 2.05) is 20.8 Å². The van der Waals surface area contributed by atoms with Gasteiger partial charge in [0, 0.05) is 13.1 Å². The van der Waals surface area contributed by atoms with Gasteiger partial charge in [0.15, 0.2) is 0 Å². The predicted octanol–water partition coefficient (Wildman–Crippen LogP) is 1.83. The Labute approximate surface area is 121 Å². The van der Waals surface area contributed by atoms with Gasteiger partial charge in [0.2, 0.25) is 0 Å². The molecule has 0 saturated carbocycles. The van der Waals surface area contributed by atoms with Crippen LogP contribution in [0.5, 0.6) is 0 Å². The van der Waals surface area contributed by atoms with Crippen molar-refractivity contribution in [2.24, 2.45) is 0 Å². The molecule has 6 heteroatoms. The van der Waals surface area contributed by atoms with Gasteiger partial charge < -0.3 is 20.1 Å². The molecule has 0 radical (unpaired) electrons. The summed E-state index contributed by atoms with van der Waals surface area (Å²) < 4.78 is 9.85. The summed E-state index contributed by atoms with van der Waals surface area (Å²) in [5.41, 5.74) is -0.507. The van der Waals surface area contributed by atoms with Gasteiger partial charge in [-0.05, 0) is 27.2 Å². The number of carbonyl (C=O) groups is 2. The molecule has 0 aromatic carbocycles. The largest absolute Gasteiger partial charge is 0.468 e. The molecule has 0 bridgehead atoms. The zero-order valence-corrected chi connectivity index (χ0v) is 13.2. The number of rotatable bonds is 8. The van der Waals surface area contributed by atoms with Crippen LogP contribution in [0.1, 0.15) is 47.0 Å². The molecule has 118 valence electrons. The van der Waals surface area contributed by atoms with E-state index in [-0.39, 0.29) is 12.0 Å². The van der Waals surface area contributed by atoms with Gasteiger partial charge in [-0.2, -0.15) is 0 Å². The molecule has 0 aromatic rings. The SMILES string of the molecule is CCCC[C@@H](NCCNC(=O)OC(C)(C)C)C(=O)OC. The van der Waals surface area contributed by atoms with Crippen molar-refractivity contribution in [3.05, 3.63) is 0 Å². The van der Waals surface area contributed by atoms with Crippen LogP contribution in [-0.2, 0) is 14.3 Å². The Morgan fingerprint density at radius 2 is 1.85 bits per heavy atom. The molecule has 1 amide bonds. The van der Waals surface area contributed by atoms with Gasteiger partial charge in [0.1, 0.15) is 11.6 Å². The van der Waals surface area contributed by atoms with Gasteiger partial charge >= 0.3 is 12.1 Å². The second-order valence-electron chi connectivity index (χ2n) is 5.60. The molecular weight excluding hydrogens is 260 g/mol. The van der Waals surface area contributed by atoms with E-state index in [0.29, 0.717) is 13.1 Å². The Kier molecular flexibility index (Phi) is 8.96. The fourth-order valence-electron chi connectivity index (χ4n) is 1.58. The molecule has 0 aliphatic heterocycles. The van der Waals surface area contributed by atoms with E-state index in [1.165, 1.54) is 7.11 Å². The topological polar surface area (TPSA) is 76.7 Å². The third-order valence-corrected chi connectivity index (χ3v) is 2.52. The van der Waals surface area contributed by atoms with E-state index in [0.717, 1.165) is 19.3 Å². The molecule has 0 rings (SSSR count). The van der Waals surface area contributed by atoms with Crippen molar-refractivity contribution in [1.29, 1.82) is 0 Å². The van der Waals surface area contributed by atoms with Crippen molar-refractivity contribution in [2.75, 3.05) is 20.2 Å². The van der Waals surface area contributed by atoms with E-state index >= 15 is 0 Å². The standard InChI is InChI=1S/C14H28N2O4/c1-6-7-8-11(12(17)19-5)15-9-10-16-13(18)20-14(2,3)4/h11,15H,6-10H2,1-5H3,(H,16,18)/t11-/m1/s1. The number of unbranched alkanes of at least 4 members (excludes halogenated alkanes) is 1. The number of hydrogen-bond acceptors (Lipinski definition) is 5. The van der Waals surface area contributed by atoms with Crippen LogP contribution in [0.3, 0.4) is 0 Å². The third-order valence-electron chi connectivity index (χ3n) is 2.52. The van der Waals surface area contributed by atoms with Crippen molar-refractivity contribution < 1.29 is 19.1 Å². The monoisotopic (exact) mass is 288 g/mol. The Morgan fingerprint density at radius 3 is 2.35 bits per heavy atom. The lowest BCUT2D eigenvalue weighted by Crippen LogP contribution is -2.42. The Bertz CT molecular complexity index is 300. The quantitative estimate of drug-likeness (QED) is 0.526. The average Bonchev–Trinajstić information content (AvgIpc) is 2.35. The van der Waals surface area contributed by atoms with Crippen molar-refractivity contribution in [2.45, 2.75) is 58.6 Å². The highest BCUT2D eigenvalue weighted by Crippen LogP contribution is 2.06. The lowest BCUT2D eigenvalue weighted by Gasteiger charge is -2.20. The summed E-state index contributed by atoms with van der Waals surface area (Å²) in [6.07, 6.45) is 2.25. The lowest BCUT2D eigenvalue weighted by molar-refractivity contribution is -0.143. The molecule has 0 spiro atoms. The highest BCUT2D eigenvalue weighted by Gasteiger charge is 2.18. The molecule has 0 aliphatic rings. The number of ether oxygens (including phenoxy) is 2. The van der Waals surface area contributed by atoms with E-state index in [1.54, 1.807) is 0 Å². The number of hydrogen-bond donors (Lipinski definition) is 2.